The summed E-state index contributed by atoms with van der Waals surface area (Å²) in [5, 5.41) is 0. The van der Waals surface area contributed by atoms with Crippen LogP contribution in [0.15, 0.2) is 18.2 Å². The highest BCUT2D eigenvalue weighted by Crippen LogP contribution is 2.33. The van der Waals surface area contributed by atoms with Crippen molar-refractivity contribution in [3.8, 4) is 0 Å². The fourth-order valence-corrected chi connectivity index (χ4v) is 5.78. The molecule has 11 heteroatoms. The van der Waals surface area contributed by atoms with Crippen molar-refractivity contribution < 1.29 is 28.7 Å². The Hall–Kier alpha value is -2.89. The van der Waals surface area contributed by atoms with Gasteiger partial charge in [0.15, 0.2) is 5.78 Å². The van der Waals surface area contributed by atoms with Gasteiger partial charge in [-0.25, -0.2) is 0 Å². The fourth-order valence-electron chi connectivity index (χ4n) is 5.02. The van der Waals surface area contributed by atoms with Crippen molar-refractivity contribution in [1.82, 2.24) is 14.7 Å². The lowest BCUT2D eigenvalue weighted by atomic mass is 10.00. The molecule has 4 aliphatic heterocycles. The number of likely N-dealkylation sites (tertiary alicyclic amines) is 2. The van der Waals surface area contributed by atoms with E-state index in [0.717, 1.165) is 34.6 Å². The van der Waals surface area contributed by atoms with Crippen LogP contribution < -0.4 is 4.90 Å². The summed E-state index contributed by atoms with van der Waals surface area (Å²) in [5.74, 6) is -1.67. The highest BCUT2D eigenvalue weighted by molar-refractivity contribution is 6.76. The summed E-state index contributed by atoms with van der Waals surface area (Å²) in [4.78, 5) is 69.7. The van der Waals surface area contributed by atoms with Crippen LogP contribution in [0.25, 0.3) is 0 Å². The third-order valence-electron chi connectivity index (χ3n) is 7.42. The van der Waals surface area contributed by atoms with Gasteiger partial charge in [-0.15, -0.1) is 0 Å². The van der Waals surface area contributed by atoms with Crippen molar-refractivity contribution in [3.63, 3.8) is 0 Å². The highest BCUT2D eigenvalue weighted by atomic mass is 28.3. The quantitative estimate of drug-likeness (QED) is 0.290. The molecule has 1 aromatic rings. The number of fused-ring (bicyclic) bond motifs is 1. The molecule has 192 valence electrons. The Morgan fingerprint density at radius 1 is 0.972 bits per heavy atom. The van der Waals surface area contributed by atoms with Crippen LogP contribution in [0, 0.1) is 0 Å². The summed E-state index contributed by atoms with van der Waals surface area (Å²) < 4.78 is 5.62. The monoisotopic (exact) mass is 512 g/mol. The number of Topliss-reactive ketones (excluding diaryl/α,β-unsaturated/α-hetero) is 1. The number of anilines is 1. The number of nitrogens with zero attached hydrogens (tertiary/aromatic N) is 4. The molecule has 3 fully saturated rings. The first-order chi connectivity index (χ1) is 17.0. The van der Waals surface area contributed by atoms with Crippen molar-refractivity contribution >= 4 is 43.2 Å². The molecule has 1 unspecified atom stereocenters. The van der Waals surface area contributed by atoms with Crippen LogP contribution in [0.4, 0.5) is 5.69 Å². The van der Waals surface area contributed by atoms with Crippen LogP contribution in [-0.4, -0.2) is 104 Å². The molecule has 4 aliphatic rings. The van der Waals surface area contributed by atoms with Gasteiger partial charge in [0.2, 0.25) is 5.91 Å². The standard InChI is InChI=1S/C25H32N4O6Si/c1-36(2,3)9-8-35-15-28-22(31)7-6-21(25(28)34)29-23(32)19-5-4-16(10-20(19)24(29)33)26-11-17(12-26)27-13-18(30)14-27/h4-5,10,17,21H,6-9,11-15H2,1-3H3. The van der Waals surface area contributed by atoms with E-state index in [1.165, 1.54) is 0 Å². The Balaban J connectivity index is 1.25. The van der Waals surface area contributed by atoms with E-state index in [4.69, 9.17) is 4.74 Å². The zero-order valence-corrected chi connectivity index (χ0v) is 22.0. The zero-order valence-electron chi connectivity index (χ0n) is 21.0. The van der Waals surface area contributed by atoms with Crippen molar-refractivity contribution in [2.45, 2.75) is 50.6 Å². The Labute approximate surface area is 211 Å². The first-order valence-electron chi connectivity index (χ1n) is 12.5. The van der Waals surface area contributed by atoms with Gasteiger partial charge >= 0.3 is 0 Å². The van der Waals surface area contributed by atoms with Gasteiger partial charge in [-0.2, -0.15) is 0 Å². The minimum atomic E-state index is -1.32. The Morgan fingerprint density at radius 3 is 2.33 bits per heavy atom. The molecule has 4 amide bonds. The van der Waals surface area contributed by atoms with E-state index in [1.54, 1.807) is 12.1 Å². The molecule has 36 heavy (non-hydrogen) atoms. The van der Waals surface area contributed by atoms with Gasteiger partial charge in [-0.1, -0.05) is 19.6 Å². The maximum atomic E-state index is 13.3. The van der Waals surface area contributed by atoms with E-state index in [9.17, 15) is 24.0 Å². The number of hydrogen-bond donors (Lipinski definition) is 0. The Bertz CT molecular complexity index is 1130. The SMILES string of the molecule is C[Si](C)(C)CCOCN1C(=O)CCC(N2C(=O)c3ccc(N4CC(N5CC(=O)C5)C4)cc3C2=O)C1=O. The van der Waals surface area contributed by atoms with Crippen LogP contribution in [0.5, 0.6) is 0 Å². The number of ether oxygens (including phenoxy) is 1. The average molecular weight is 513 g/mol. The fraction of sp³-hybridized carbons (Fsp3) is 0.560. The van der Waals surface area contributed by atoms with E-state index < -0.39 is 31.8 Å². The topological polar surface area (TPSA) is 108 Å². The highest BCUT2D eigenvalue weighted by Gasteiger charge is 2.47. The summed E-state index contributed by atoms with van der Waals surface area (Å²) in [7, 11) is -1.32. The second kappa shape index (κ2) is 9.20. The molecule has 0 radical (unpaired) electrons. The number of benzene rings is 1. The average Bonchev–Trinajstić information content (AvgIpc) is 3.00. The number of piperidine rings is 1. The summed E-state index contributed by atoms with van der Waals surface area (Å²) >= 11 is 0. The van der Waals surface area contributed by atoms with Gasteiger partial charge in [0.1, 0.15) is 12.8 Å². The van der Waals surface area contributed by atoms with Gasteiger partial charge in [-0.05, 0) is 30.7 Å². The largest absolute Gasteiger partial charge is 0.368 e. The molecule has 0 spiro atoms. The van der Waals surface area contributed by atoms with Crippen LogP contribution in [0.2, 0.25) is 25.7 Å². The molecule has 3 saturated heterocycles. The van der Waals surface area contributed by atoms with E-state index in [1.807, 2.05) is 6.07 Å². The number of carbonyl (C=O) groups excluding carboxylic acids is 5. The number of rotatable bonds is 8. The normalized spacial score (nSPS) is 23.4. The van der Waals surface area contributed by atoms with Crippen LogP contribution in [0.1, 0.15) is 33.6 Å². The predicted molar refractivity (Wildman–Crippen MR) is 133 cm³/mol. The van der Waals surface area contributed by atoms with Crippen molar-refractivity contribution in [1.29, 1.82) is 0 Å². The molecule has 0 saturated carbocycles. The third-order valence-corrected chi connectivity index (χ3v) is 9.12. The molecule has 1 atom stereocenters. The number of ketones is 1. The third kappa shape index (κ3) is 4.51. The molecular formula is C25H32N4O6Si. The van der Waals surface area contributed by atoms with Crippen LogP contribution in [0.3, 0.4) is 0 Å². The van der Waals surface area contributed by atoms with E-state index in [0.29, 0.717) is 25.7 Å². The Kier molecular flexibility index (Phi) is 6.34. The van der Waals surface area contributed by atoms with Crippen molar-refractivity contribution in [2.24, 2.45) is 0 Å². The molecule has 0 aliphatic carbocycles. The van der Waals surface area contributed by atoms with Gasteiger partial charge in [0.05, 0.1) is 24.2 Å². The van der Waals surface area contributed by atoms with Crippen molar-refractivity contribution in [3.05, 3.63) is 29.3 Å². The first-order valence-corrected chi connectivity index (χ1v) is 16.2. The van der Waals surface area contributed by atoms with Crippen LogP contribution >= 0.6 is 0 Å². The number of amides is 4. The molecule has 10 nitrogen and oxygen atoms in total. The maximum Gasteiger partial charge on any atom is 0.262 e. The lowest BCUT2D eigenvalue weighted by Gasteiger charge is -2.49. The smallest absolute Gasteiger partial charge is 0.262 e. The zero-order chi connectivity index (χ0) is 25.8. The lowest BCUT2D eigenvalue weighted by Crippen LogP contribution is -2.65. The van der Waals surface area contributed by atoms with E-state index in [2.05, 4.69) is 29.4 Å². The molecule has 0 aromatic heterocycles. The number of imide groups is 2. The molecular weight excluding hydrogens is 480 g/mol. The van der Waals surface area contributed by atoms with Crippen molar-refractivity contribution in [2.75, 3.05) is 44.4 Å². The van der Waals surface area contributed by atoms with Gasteiger partial charge in [0, 0.05) is 45.9 Å². The summed E-state index contributed by atoms with van der Waals surface area (Å²) in [6.45, 7) is 9.46. The van der Waals surface area contributed by atoms with Gasteiger partial charge < -0.3 is 9.64 Å². The second-order valence-electron chi connectivity index (χ2n) is 11.3. The summed E-state index contributed by atoms with van der Waals surface area (Å²) in [5.41, 5.74) is 1.39. The maximum absolute atomic E-state index is 13.3. The lowest BCUT2D eigenvalue weighted by molar-refractivity contribution is -0.158. The molecule has 4 heterocycles. The first kappa shape index (κ1) is 24.8. The van der Waals surface area contributed by atoms with E-state index >= 15 is 0 Å². The summed E-state index contributed by atoms with van der Waals surface area (Å²) in [6, 6.07) is 5.37. The molecule has 1 aromatic carbocycles. The number of hydrogen-bond acceptors (Lipinski definition) is 8. The number of carbonyl (C=O) groups is 5. The van der Waals surface area contributed by atoms with Gasteiger partial charge in [0.25, 0.3) is 17.7 Å². The Morgan fingerprint density at radius 2 is 1.67 bits per heavy atom. The van der Waals surface area contributed by atoms with Gasteiger partial charge in [-0.3, -0.25) is 38.7 Å². The predicted octanol–water partition coefficient (Wildman–Crippen LogP) is 1.19. The van der Waals surface area contributed by atoms with E-state index in [-0.39, 0.29) is 42.4 Å². The molecule has 0 N–H and O–H groups in total. The minimum Gasteiger partial charge on any atom is -0.368 e. The summed E-state index contributed by atoms with van der Waals surface area (Å²) in [6.07, 6.45) is 0.185. The minimum absolute atomic E-state index is 0.0701. The molecule has 0 bridgehead atoms. The molecule has 5 rings (SSSR count). The van der Waals surface area contributed by atoms with Crippen LogP contribution in [-0.2, 0) is 19.1 Å². The second-order valence-corrected chi connectivity index (χ2v) is 16.9.